The average Bonchev–Trinajstić information content (AvgIpc) is 3.36. The Balaban J connectivity index is 1.21. The molecular formula is C25H30N6O4. The van der Waals surface area contributed by atoms with Crippen LogP contribution in [0.15, 0.2) is 42.7 Å². The van der Waals surface area contributed by atoms with Crippen LogP contribution in [0.3, 0.4) is 0 Å². The molecule has 3 heterocycles. The lowest BCUT2D eigenvalue weighted by Crippen LogP contribution is -2.39. The smallest absolute Gasteiger partial charge is 0.319 e. The number of hydrogen-bond acceptors (Lipinski definition) is 8. The lowest BCUT2D eigenvalue weighted by atomic mass is 10.2. The predicted molar refractivity (Wildman–Crippen MR) is 135 cm³/mol. The summed E-state index contributed by atoms with van der Waals surface area (Å²) in [6.07, 6.45) is 2.37. The number of methoxy groups -OCH3 is 2. The van der Waals surface area contributed by atoms with Crippen molar-refractivity contribution in [2.45, 2.75) is 12.5 Å². The number of aromatic nitrogens is 2. The molecule has 0 radical (unpaired) electrons. The first-order valence-electron chi connectivity index (χ1n) is 11.8. The summed E-state index contributed by atoms with van der Waals surface area (Å²) in [6, 6.07) is 11.5. The van der Waals surface area contributed by atoms with Crippen LogP contribution in [0.5, 0.6) is 11.5 Å². The van der Waals surface area contributed by atoms with E-state index in [1.807, 2.05) is 36.4 Å². The van der Waals surface area contributed by atoms with Gasteiger partial charge in [-0.15, -0.1) is 0 Å². The largest absolute Gasteiger partial charge is 0.493 e. The van der Waals surface area contributed by atoms with Gasteiger partial charge >= 0.3 is 6.03 Å². The van der Waals surface area contributed by atoms with Gasteiger partial charge in [0.25, 0.3) is 0 Å². The van der Waals surface area contributed by atoms with Gasteiger partial charge in [-0.3, -0.25) is 0 Å². The maximum absolute atomic E-state index is 12.6. The summed E-state index contributed by atoms with van der Waals surface area (Å²) < 4.78 is 16.3. The number of amides is 2. The van der Waals surface area contributed by atoms with Crippen LogP contribution >= 0.6 is 0 Å². The van der Waals surface area contributed by atoms with E-state index in [9.17, 15) is 4.79 Å². The van der Waals surface area contributed by atoms with E-state index in [4.69, 9.17) is 14.2 Å². The van der Waals surface area contributed by atoms with Crippen molar-refractivity contribution in [1.82, 2.24) is 15.3 Å². The van der Waals surface area contributed by atoms with Gasteiger partial charge in [0.05, 0.1) is 33.0 Å². The second-order valence-electron chi connectivity index (χ2n) is 8.60. The molecular weight excluding hydrogens is 448 g/mol. The number of carbonyl (C=O) groups excluding carboxylic acids is 1. The Morgan fingerprint density at radius 2 is 1.74 bits per heavy atom. The molecule has 2 aromatic carbocycles. The Labute approximate surface area is 204 Å². The van der Waals surface area contributed by atoms with Gasteiger partial charge in [-0.05, 0) is 36.8 Å². The van der Waals surface area contributed by atoms with Crippen molar-refractivity contribution in [3.05, 3.63) is 42.7 Å². The van der Waals surface area contributed by atoms with Crippen LogP contribution in [0.25, 0.3) is 10.9 Å². The fourth-order valence-corrected chi connectivity index (χ4v) is 4.62. The topological polar surface area (TPSA) is 101 Å². The van der Waals surface area contributed by atoms with Crippen molar-refractivity contribution < 1.29 is 19.0 Å². The van der Waals surface area contributed by atoms with Gasteiger partial charge in [-0.25, -0.2) is 14.8 Å². The standard InChI is InChI=1S/C25H30N6O4/c1-33-22-13-20-21(14-23(22)34-2)26-16-27-24(20)31-8-7-18(15-31)29-25(32)28-17-3-5-19(6-4-17)30-9-11-35-12-10-30/h3-6,13-14,16,18H,7-12,15H2,1-2H3,(H2,28,29,32). The molecule has 3 aromatic rings. The monoisotopic (exact) mass is 478 g/mol. The summed E-state index contributed by atoms with van der Waals surface area (Å²) >= 11 is 0. The fraction of sp³-hybridized carbons (Fsp3) is 0.400. The number of fused-ring (bicyclic) bond motifs is 1. The number of anilines is 3. The zero-order valence-electron chi connectivity index (χ0n) is 20.0. The Morgan fingerprint density at radius 1 is 1.00 bits per heavy atom. The average molecular weight is 479 g/mol. The third kappa shape index (κ3) is 5.02. The molecule has 5 rings (SSSR count). The second kappa shape index (κ2) is 10.2. The van der Waals surface area contributed by atoms with E-state index < -0.39 is 0 Å². The molecule has 2 amide bonds. The minimum Gasteiger partial charge on any atom is -0.493 e. The van der Waals surface area contributed by atoms with Gasteiger partial charge in [0.1, 0.15) is 12.1 Å². The minimum atomic E-state index is -0.213. The summed E-state index contributed by atoms with van der Waals surface area (Å²) in [6.45, 7) is 4.69. The summed E-state index contributed by atoms with van der Waals surface area (Å²) in [5.41, 5.74) is 2.68. The highest BCUT2D eigenvalue weighted by atomic mass is 16.5. The minimum absolute atomic E-state index is 0.00721. The molecule has 2 saturated heterocycles. The van der Waals surface area contributed by atoms with Crippen molar-refractivity contribution in [2.75, 3.05) is 68.7 Å². The zero-order valence-corrected chi connectivity index (χ0v) is 20.0. The Morgan fingerprint density at radius 3 is 2.49 bits per heavy atom. The van der Waals surface area contributed by atoms with Crippen LogP contribution in [0, 0.1) is 0 Å². The van der Waals surface area contributed by atoms with Crippen molar-refractivity contribution in [3.8, 4) is 11.5 Å². The quantitative estimate of drug-likeness (QED) is 0.558. The summed E-state index contributed by atoms with van der Waals surface area (Å²) in [5.74, 6) is 2.07. The number of urea groups is 1. The molecule has 35 heavy (non-hydrogen) atoms. The molecule has 2 N–H and O–H groups in total. The summed E-state index contributed by atoms with van der Waals surface area (Å²) in [5, 5.41) is 6.92. The number of nitrogens with one attached hydrogen (secondary N) is 2. The fourth-order valence-electron chi connectivity index (χ4n) is 4.62. The first-order valence-corrected chi connectivity index (χ1v) is 11.8. The second-order valence-corrected chi connectivity index (χ2v) is 8.60. The molecule has 0 bridgehead atoms. The Kier molecular flexibility index (Phi) is 6.71. The van der Waals surface area contributed by atoms with Gasteiger partial charge in [0.2, 0.25) is 0 Å². The van der Waals surface area contributed by atoms with Crippen LogP contribution in [-0.4, -0.2) is 75.7 Å². The molecule has 1 unspecified atom stereocenters. The molecule has 184 valence electrons. The molecule has 1 aromatic heterocycles. The number of rotatable bonds is 6. The SMILES string of the molecule is COc1cc2ncnc(N3CCC(NC(=O)Nc4ccc(N5CCOCC5)cc4)C3)c2cc1OC. The normalized spacial score (nSPS) is 17.9. The summed E-state index contributed by atoms with van der Waals surface area (Å²) in [4.78, 5) is 26.0. The molecule has 10 nitrogen and oxygen atoms in total. The first-order chi connectivity index (χ1) is 17.1. The number of carbonyl (C=O) groups is 1. The molecule has 1 atom stereocenters. The Hall–Kier alpha value is -3.79. The predicted octanol–water partition coefficient (Wildman–Crippen LogP) is 2.88. The third-order valence-corrected chi connectivity index (χ3v) is 6.44. The highest BCUT2D eigenvalue weighted by Gasteiger charge is 2.26. The number of benzene rings is 2. The van der Waals surface area contributed by atoms with E-state index in [0.29, 0.717) is 18.0 Å². The first kappa shape index (κ1) is 23.0. The molecule has 10 heteroatoms. The van der Waals surface area contributed by atoms with Crippen molar-refractivity contribution in [2.24, 2.45) is 0 Å². The zero-order chi connectivity index (χ0) is 24.2. The van der Waals surface area contributed by atoms with Crippen LogP contribution < -0.4 is 29.9 Å². The molecule has 2 aliphatic heterocycles. The third-order valence-electron chi connectivity index (χ3n) is 6.44. The van der Waals surface area contributed by atoms with E-state index in [2.05, 4.69) is 30.4 Å². The molecule has 0 aliphatic carbocycles. The van der Waals surface area contributed by atoms with E-state index >= 15 is 0 Å². The summed E-state index contributed by atoms with van der Waals surface area (Å²) in [7, 11) is 3.21. The molecule has 2 fully saturated rings. The molecule has 2 aliphatic rings. The van der Waals surface area contributed by atoms with Gasteiger partial charge in [0, 0.05) is 55.0 Å². The number of morpholine rings is 1. The number of hydrogen-bond donors (Lipinski definition) is 2. The number of nitrogens with zero attached hydrogens (tertiary/aromatic N) is 4. The van der Waals surface area contributed by atoms with Gasteiger partial charge in [-0.1, -0.05) is 0 Å². The van der Waals surface area contributed by atoms with E-state index in [-0.39, 0.29) is 12.1 Å². The Bertz CT molecular complexity index is 1180. The van der Waals surface area contributed by atoms with E-state index in [1.54, 1.807) is 20.5 Å². The maximum atomic E-state index is 12.6. The van der Waals surface area contributed by atoms with Crippen molar-refractivity contribution in [3.63, 3.8) is 0 Å². The van der Waals surface area contributed by atoms with Gasteiger partial charge in [0.15, 0.2) is 11.5 Å². The van der Waals surface area contributed by atoms with E-state index in [0.717, 1.165) is 67.4 Å². The van der Waals surface area contributed by atoms with Crippen LogP contribution in [0.4, 0.5) is 22.0 Å². The van der Waals surface area contributed by atoms with Crippen LogP contribution in [0.2, 0.25) is 0 Å². The lowest BCUT2D eigenvalue weighted by Gasteiger charge is -2.28. The molecule has 0 spiro atoms. The van der Waals surface area contributed by atoms with Crippen molar-refractivity contribution in [1.29, 1.82) is 0 Å². The van der Waals surface area contributed by atoms with Crippen LogP contribution in [0.1, 0.15) is 6.42 Å². The highest BCUT2D eigenvalue weighted by molar-refractivity contribution is 5.92. The van der Waals surface area contributed by atoms with Crippen molar-refractivity contribution >= 4 is 34.1 Å². The highest BCUT2D eigenvalue weighted by Crippen LogP contribution is 2.35. The molecule has 0 saturated carbocycles. The van der Waals surface area contributed by atoms with Gasteiger partial charge < -0.3 is 34.6 Å². The lowest BCUT2D eigenvalue weighted by molar-refractivity contribution is 0.122. The maximum Gasteiger partial charge on any atom is 0.319 e. The van der Waals surface area contributed by atoms with E-state index in [1.165, 1.54) is 0 Å². The number of ether oxygens (including phenoxy) is 3. The van der Waals surface area contributed by atoms with Crippen LogP contribution in [-0.2, 0) is 4.74 Å². The van der Waals surface area contributed by atoms with Gasteiger partial charge in [-0.2, -0.15) is 0 Å².